The molecule has 0 unspecified atom stereocenters. The van der Waals surface area contributed by atoms with Crippen LogP contribution >= 0.6 is 0 Å². The predicted molar refractivity (Wildman–Crippen MR) is 93.0 cm³/mol. The normalized spacial score (nSPS) is 22.6. The van der Waals surface area contributed by atoms with Crippen molar-refractivity contribution in [3.8, 4) is 5.75 Å². The minimum atomic E-state index is -0.772. The van der Waals surface area contributed by atoms with Crippen LogP contribution in [-0.4, -0.2) is 30.3 Å². The van der Waals surface area contributed by atoms with Gasteiger partial charge < -0.3 is 14.8 Å². The lowest BCUT2D eigenvalue weighted by Crippen LogP contribution is -2.36. The fraction of sp³-hybridized carbons (Fsp3) is 0.450. The van der Waals surface area contributed by atoms with Gasteiger partial charge in [0, 0.05) is 54.6 Å². The topological polar surface area (TPSA) is 43.4 Å². The van der Waals surface area contributed by atoms with Gasteiger partial charge in [0.25, 0.3) is 0 Å². The van der Waals surface area contributed by atoms with Crippen molar-refractivity contribution in [3.63, 3.8) is 0 Å². The van der Waals surface area contributed by atoms with Crippen LogP contribution in [0.2, 0.25) is 0 Å². The van der Waals surface area contributed by atoms with Gasteiger partial charge in [0.2, 0.25) is 5.95 Å². The van der Waals surface area contributed by atoms with Gasteiger partial charge in [-0.05, 0) is 37.5 Å². The maximum atomic E-state index is 14.4. The zero-order valence-electron chi connectivity index (χ0n) is 14.8. The second-order valence-corrected chi connectivity index (χ2v) is 7.05. The Morgan fingerprint density at radius 2 is 2.00 bits per heavy atom. The third-order valence-electron chi connectivity index (χ3n) is 5.11. The lowest BCUT2D eigenvalue weighted by Gasteiger charge is -2.23. The number of rotatable bonds is 6. The molecule has 27 heavy (non-hydrogen) atoms. The molecular formula is C20H21F3N2O2. The van der Waals surface area contributed by atoms with E-state index in [4.69, 9.17) is 9.47 Å². The summed E-state index contributed by atoms with van der Waals surface area (Å²) in [6.07, 6.45) is 3.99. The number of halogens is 3. The van der Waals surface area contributed by atoms with E-state index in [-0.39, 0.29) is 29.9 Å². The first-order chi connectivity index (χ1) is 13.1. The second-order valence-electron chi connectivity index (χ2n) is 7.05. The molecule has 0 spiro atoms. The smallest absolute Gasteiger partial charge is 0.219 e. The van der Waals surface area contributed by atoms with Crippen molar-refractivity contribution in [1.29, 1.82) is 0 Å². The fourth-order valence-electron chi connectivity index (χ4n) is 3.57. The average molecular weight is 378 g/mol. The van der Waals surface area contributed by atoms with E-state index in [1.54, 1.807) is 6.07 Å². The van der Waals surface area contributed by atoms with Crippen molar-refractivity contribution in [1.82, 2.24) is 10.3 Å². The van der Waals surface area contributed by atoms with Gasteiger partial charge in [0.15, 0.2) is 11.6 Å². The summed E-state index contributed by atoms with van der Waals surface area (Å²) < 4.78 is 52.8. The number of hydrogen-bond acceptors (Lipinski definition) is 4. The Labute approximate surface area is 155 Å². The lowest BCUT2D eigenvalue weighted by molar-refractivity contribution is 0.0774. The molecule has 7 heteroatoms. The zero-order chi connectivity index (χ0) is 18.8. The third kappa shape index (κ3) is 4.25. The van der Waals surface area contributed by atoms with Crippen molar-refractivity contribution in [3.05, 3.63) is 59.2 Å². The molecule has 1 aliphatic carbocycles. The Balaban J connectivity index is 1.48. The van der Waals surface area contributed by atoms with Crippen LogP contribution in [0.4, 0.5) is 13.2 Å². The van der Waals surface area contributed by atoms with Crippen LogP contribution in [0.1, 0.15) is 36.3 Å². The van der Waals surface area contributed by atoms with E-state index < -0.39 is 17.6 Å². The average Bonchev–Trinajstić information content (AvgIpc) is 3.41. The lowest BCUT2D eigenvalue weighted by atomic mass is 10.1. The molecule has 1 aromatic carbocycles. The number of hydrogen-bond donors (Lipinski definition) is 1. The summed E-state index contributed by atoms with van der Waals surface area (Å²) in [6, 6.07) is 5.73. The molecule has 1 aliphatic heterocycles. The van der Waals surface area contributed by atoms with Gasteiger partial charge in [0.05, 0.1) is 0 Å². The van der Waals surface area contributed by atoms with E-state index >= 15 is 0 Å². The first kappa shape index (κ1) is 18.3. The van der Waals surface area contributed by atoms with E-state index in [1.807, 2.05) is 0 Å². The van der Waals surface area contributed by atoms with Crippen molar-refractivity contribution in [2.24, 2.45) is 0 Å². The summed E-state index contributed by atoms with van der Waals surface area (Å²) in [5, 5.41) is 3.54. The molecule has 2 fully saturated rings. The van der Waals surface area contributed by atoms with Gasteiger partial charge in [-0.1, -0.05) is 0 Å². The van der Waals surface area contributed by atoms with Crippen LogP contribution in [0, 0.1) is 17.6 Å². The monoisotopic (exact) mass is 378 g/mol. The van der Waals surface area contributed by atoms with Gasteiger partial charge in [-0.3, -0.25) is 0 Å². The molecule has 0 radical (unpaired) electrons. The minimum Gasteiger partial charge on any atom is -0.485 e. The summed E-state index contributed by atoms with van der Waals surface area (Å²) in [6.45, 7) is 1.30. The summed E-state index contributed by atoms with van der Waals surface area (Å²) in [7, 11) is 0. The Kier molecular flexibility index (Phi) is 5.31. The SMILES string of the molecule is Fc1cc(F)c(OCc2cccnc2F)c([C@@H]2C[C@H]2NC2CCOCC2)c1. The quantitative estimate of drug-likeness (QED) is 0.779. The second kappa shape index (κ2) is 7.86. The molecule has 2 heterocycles. The minimum absolute atomic E-state index is 0.0130. The number of aromatic nitrogens is 1. The summed E-state index contributed by atoms with van der Waals surface area (Å²) >= 11 is 0. The molecule has 2 atom stereocenters. The van der Waals surface area contributed by atoms with Crippen LogP contribution in [0.25, 0.3) is 0 Å². The van der Waals surface area contributed by atoms with E-state index in [9.17, 15) is 13.2 Å². The Morgan fingerprint density at radius 3 is 2.78 bits per heavy atom. The van der Waals surface area contributed by atoms with Gasteiger partial charge in [-0.15, -0.1) is 0 Å². The van der Waals surface area contributed by atoms with E-state index in [0.717, 1.165) is 38.5 Å². The summed E-state index contributed by atoms with van der Waals surface area (Å²) in [4.78, 5) is 3.55. The van der Waals surface area contributed by atoms with Crippen molar-refractivity contribution in [2.45, 2.75) is 43.9 Å². The van der Waals surface area contributed by atoms with Crippen LogP contribution in [0.3, 0.4) is 0 Å². The van der Waals surface area contributed by atoms with Crippen LogP contribution < -0.4 is 10.1 Å². The number of nitrogens with zero attached hydrogens (tertiary/aromatic N) is 1. The fourth-order valence-corrected chi connectivity index (χ4v) is 3.57. The molecule has 144 valence electrons. The van der Waals surface area contributed by atoms with Crippen LogP contribution in [-0.2, 0) is 11.3 Å². The first-order valence-corrected chi connectivity index (χ1v) is 9.16. The number of benzene rings is 1. The largest absolute Gasteiger partial charge is 0.485 e. The highest BCUT2D eigenvalue weighted by molar-refractivity contribution is 5.42. The maximum absolute atomic E-state index is 14.4. The number of pyridine rings is 1. The van der Waals surface area contributed by atoms with Gasteiger partial charge in [-0.25, -0.2) is 13.8 Å². The molecule has 1 aromatic heterocycles. The molecule has 0 bridgehead atoms. The molecule has 2 aromatic rings. The van der Waals surface area contributed by atoms with E-state index in [2.05, 4.69) is 10.3 Å². The van der Waals surface area contributed by atoms with Gasteiger partial charge in [0.1, 0.15) is 12.4 Å². The Hall–Kier alpha value is -2.12. The highest BCUT2D eigenvalue weighted by Crippen LogP contribution is 2.46. The Morgan fingerprint density at radius 1 is 1.19 bits per heavy atom. The highest BCUT2D eigenvalue weighted by Gasteiger charge is 2.42. The van der Waals surface area contributed by atoms with Crippen molar-refractivity contribution < 1.29 is 22.6 Å². The molecule has 4 nitrogen and oxygen atoms in total. The van der Waals surface area contributed by atoms with Gasteiger partial charge in [-0.2, -0.15) is 4.39 Å². The van der Waals surface area contributed by atoms with Crippen LogP contribution in [0.15, 0.2) is 30.5 Å². The molecule has 2 aliphatic rings. The zero-order valence-corrected chi connectivity index (χ0v) is 14.8. The first-order valence-electron chi connectivity index (χ1n) is 9.16. The third-order valence-corrected chi connectivity index (χ3v) is 5.11. The predicted octanol–water partition coefficient (Wildman–Crippen LogP) is 3.70. The molecule has 1 saturated carbocycles. The summed E-state index contributed by atoms with van der Waals surface area (Å²) in [5.41, 5.74) is 0.709. The van der Waals surface area contributed by atoms with Crippen molar-refractivity contribution in [2.75, 3.05) is 13.2 Å². The van der Waals surface area contributed by atoms with E-state index in [1.165, 1.54) is 18.3 Å². The summed E-state index contributed by atoms with van der Waals surface area (Å²) in [5.74, 6) is -2.11. The van der Waals surface area contributed by atoms with Gasteiger partial charge >= 0.3 is 0 Å². The molecule has 1 N–H and O–H groups in total. The molecule has 0 amide bonds. The molecular weight excluding hydrogens is 357 g/mol. The number of ether oxygens (including phenoxy) is 2. The maximum Gasteiger partial charge on any atom is 0.219 e. The Bertz CT molecular complexity index is 812. The molecule has 4 rings (SSSR count). The number of nitrogens with one attached hydrogen (secondary N) is 1. The van der Waals surface area contributed by atoms with E-state index in [0.29, 0.717) is 11.6 Å². The highest BCUT2D eigenvalue weighted by atomic mass is 19.1. The van der Waals surface area contributed by atoms with Crippen LogP contribution in [0.5, 0.6) is 5.75 Å². The van der Waals surface area contributed by atoms with Crippen molar-refractivity contribution >= 4 is 0 Å². The molecule has 1 saturated heterocycles. The standard InChI is InChI=1S/C20H21F3N2O2/c21-13-8-16(15-10-18(15)25-14-3-6-26-7-4-14)19(17(22)9-13)27-11-12-2-1-5-24-20(12)23/h1-2,5,8-9,14-15,18,25H,3-4,6-7,10-11H2/t15-,18+/m0/s1.